The number of phenols is 2. The zero-order chi connectivity index (χ0) is 34.0. The van der Waals surface area contributed by atoms with Crippen molar-refractivity contribution in [3.05, 3.63) is 143 Å². The molecule has 3 heteroatoms. The molecule has 2 nitrogen and oxygen atoms in total. The number of halogens is 1. The lowest BCUT2D eigenvalue weighted by molar-refractivity contribution is 0.481. The maximum atomic E-state index is 10.1. The summed E-state index contributed by atoms with van der Waals surface area (Å²) in [6.45, 7) is 1.51. The van der Waals surface area contributed by atoms with Crippen molar-refractivity contribution in [2.24, 2.45) is 0 Å². The van der Waals surface area contributed by atoms with Gasteiger partial charge in [-0.3, -0.25) is 0 Å². The molecule has 6 rings (SSSR count). The second-order valence-electron chi connectivity index (χ2n) is 7.61. The van der Waals surface area contributed by atoms with E-state index >= 15 is 0 Å². The average Bonchev–Trinajstić information content (AvgIpc) is 3.04. The summed E-state index contributed by atoms with van der Waals surface area (Å²) in [5, 5.41) is 23.0. The lowest BCUT2D eigenvalue weighted by Gasteiger charge is -2.06. The van der Waals surface area contributed by atoms with Gasteiger partial charge in [-0.05, 0) is 53.1 Å². The van der Waals surface area contributed by atoms with Gasteiger partial charge in [0.2, 0.25) is 0 Å². The third-order valence-corrected chi connectivity index (χ3v) is 5.52. The van der Waals surface area contributed by atoms with E-state index in [-0.39, 0.29) is 65.7 Å². The molecule has 0 radical (unpaired) electrons. The fourth-order valence-electron chi connectivity index (χ4n) is 3.40. The van der Waals surface area contributed by atoms with Crippen LogP contribution < -0.4 is 0 Å². The van der Waals surface area contributed by atoms with Crippen LogP contribution in [0.4, 0.5) is 0 Å². The van der Waals surface area contributed by atoms with E-state index in [1.807, 2.05) is 36.4 Å². The lowest BCUT2D eigenvalue weighted by Crippen LogP contribution is -1.79. The smallest absolute Gasteiger partial charge is 0.124 e. The Bertz CT molecular complexity index is 1980. The maximum Gasteiger partial charge on any atom is 0.124 e. The van der Waals surface area contributed by atoms with Crippen LogP contribution in [0.25, 0.3) is 32.7 Å². The van der Waals surface area contributed by atoms with E-state index in [9.17, 15) is 10.2 Å². The zero-order valence-electron chi connectivity index (χ0n) is 29.2. The molecule has 0 fully saturated rings. The van der Waals surface area contributed by atoms with Crippen molar-refractivity contribution < 1.29 is 23.9 Å². The van der Waals surface area contributed by atoms with Crippen molar-refractivity contribution in [2.45, 2.75) is 6.92 Å². The average molecular weight is 546 g/mol. The zero-order valence-corrected chi connectivity index (χ0v) is 20.8. The second kappa shape index (κ2) is 12.1. The molecule has 0 aliphatic rings. The molecular formula is C33H27BrO2. The Balaban J connectivity index is 0.000000170. The monoisotopic (exact) mass is 544 g/mol. The number of phenolic OH excluding ortho intramolecular Hbond substituents is 2. The van der Waals surface area contributed by atoms with Crippen LogP contribution in [0.1, 0.15) is 19.3 Å². The molecule has 0 unspecified atom stereocenters. The molecule has 0 amide bonds. The van der Waals surface area contributed by atoms with Gasteiger partial charge in [0, 0.05) is 15.2 Å². The van der Waals surface area contributed by atoms with E-state index < -0.39 is 6.04 Å². The quantitative estimate of drug-likeness (QED) is 0.216. The van der Waals surface area contributed by atoms with Crippen molar-refractivity contribution in [3.63, 3.8) is 0 Å². The number of fused-ring (bicyclic) bond motifs is 2. The fraction of sp³-hybridized carbons (Fsp3) is 0.0303. The highest BCUT2D eigenvalue weighted by molar-refractivity contribution is 9.10. The predicted molar refractivity (Wildman–Crippen MR) is 156 cm³/mol. The first-order valence-corrected chi connectivity index (χ1v) is 11.6. The number of hydrogen-bond acceptors (Lipinski definition) is 2. The van der Waals surface area contributed by atoms with Crippen molar-refractivity contribution in [1.82, 2.24) is 0 Å². The van der Waals surface area contributed by atoms with E-state index in [4.69, 9.17) is 13.7 Å². The normalized spacial score (nSPS) is 14.1. The second-order valence-corrected chi connectivity index (χ2v) is 8.53. The molecule has 0 saturated carbocycles. The van der Waals surface area contributed by atoms with Gasteiger partial charge in [-0.2, -0.15) is 0 Å². The summed E-state index contributed by atoms with van der Waals surface area (Å²) >= 11 is 3.32. The summed E-state index contributed by atoms with van der Waals surface area (Å²) in [5.41, 5.74) is 0.779. The van der Waals surface area contributed by atoms with Gasteiger partial charge in [0.05, 0.1) is 13.7 Å². The van der Waals surface area contributed by atoms with E-state index in [1.165, 1.54) is 13.0 Å². The Kier molecular flexibility index (Phi) is 5.06. The van der Waals surface area contributed by atoms with Gasteiger partial charge in [-0.1, -0.05) is 130 Å². The molecular weight excluding hydrogens is 508 g/mol. The summed E-state index contributed by atoms with van der Waals surface area (Å²) in [4.78, 5) is 0. The van der Waals surface area contributed by atoms with Gasteiger partial charge in [-0.15, -0.1) is 0 Å². The molecule has 6 aromatic carbocycles. The number of benzene rings is 6. The third-order valence-electron chi connectivity index (χ3n) is 5.06. The highest BCUT2D eigenvalue weighted by atomic mass is 79.9. The minimum absolute atomic E-state index is 0.0138. The first-order chi connectivity index (χ1) is 21.6. The Morgan fingerprint density at radius 3 is 1.69 bits per heavy atom. The Hall–Kier alpha value is -4.08. The third kappa shape index (κ3) is 6.53. The van der Waals surface area contributed by atoms with E-state index in [2.05, 4.69) is 15.9 Å². The molecule has 0 spiro atoms. The molecule has 6 aromatic rings. The van der Waals surface area contributed by atoms with E-state index in [1.54, 1.807) is 30.3 Å². The summed E-state index contributed by atoms with van der Waals surface area (Å²) in [6.07, 6.45) is 0. The maximum absolute atomic E-state index is 10.1. The molecule has 0 atom stereocenters. The van der Waals surface area contributed by atoms with Gasteiger partial charge in [0.15, 0.2) is 0 Å². The van der Waals surface area contributed by atoms with E-state index in [0.29, 0.717) is 22.3 Å². The largest absolute Gasteiger partial charge is 0.507 e. The molecule has 36 heavy (non-hydrogen) atoms. The van der Waals surface area contributed by atoms with Crippen LogP contribution >= 0.6 is 15.9 Å². The minimum Gasteiger partial charge on any atom is -0.507 e. The van der Waals surface area contributed by atoms with Gasteiger partial charge >= 0.3 is 0 Å². The Morgan fingerprint density at radius 2 is 1.08 bits per heavy atom. The SMILES string of the molecule is Oc1cc(Br)cc2ccccc12.[2H]c1c([2H])c([2H])c(-c2cc(O)c3ccccc3c2)c([2H])c1[2H].[2H]c1c([2H])c([2H])c(C)c([2H])c1[2H]. The van der Waals surface area contributed by atoms with Crippen LogP contribution in [-0.2, 0) is 0 Å². The van der Waals surface area contributed by atoms with Gasteiger partial charge in [0.25, 0.3) is 0 Å². The molecule has 178 valence electrons. The number of hydrogen-bond donors (Lipinski definition) is 2. The van der Waals surface area contributed by atoms with Crippen LogP contribution in [0, 0.1) is 6.92 Å². The topological polar surface area (TPSA) is 40.5 Å². The van der Waals surface area contributed by atoms with E-state index in [0.717, 1.165) is 20.6 Å². The number of aromatic hydroxyl groups is 2. The van der Waals surface area contributed by atoms with Gasteiger partial charge in [0.1, 0.15) is 11.5 Å². The molecule has 0 aliphatic carbocycles. The standard InChI is InChI=1S/C16H12O.C10H7BrO.C7H8/c17-16-11-14(12-6-2-1-3-7-12)10-13-8-4-5-9-15(13)16;11-8-5-7-3-1-2-4-9(7)10(12)6-8;1-7-5-3-2-4-6-7/h1-11,17H;1-6,12H;2-6H,1H3/i1D,2D,3D,6D,7D;;2D,3D,4D,5D,6D. The van der Waals surface area contributed by atoms with Crippen molar-refractivity contribution in [3.8, 4) is 22.6 Å². The highest BCUT2D eigenvalue weighted by Crippen LogP contribution is 2.31. The number of rotatable bonds is 1. The molecule has 0 bridgehead atoms. The first kappa shape index (κ1) is 15.1. The van der Waals surface area contributed by atoms with Crippen LogP contribution in [0.5, 0.6) is 11.5 Å². The summed E-state index contributed by atoms with van der Waals surface area (Å²) in [7, 11) is 0. The minimum atomic E-state index is -0.427. The van der Waals surface area contributed by atoms with Crippen molar-refractivity contribution in [1.29, 1.82) is 0 Å². The Labute approximate surface area is 234 Å². The highest BCUT2D eigenvalue weighted by Gasteiger charge is 2.04. The summed E-state index contributed by atoms with van der Waals surface area (Å²) in [5.74, 6) is 0.333. The van der Waals surface area contributed by atoms with Crippen LogP contribution in [0.15, 0.2) is 138 Å². The fourth-order valence-corrected chi connectivity index (χ4v) is 3.86. The molecule has 0 aliphatic heterocycles. The molecule has 0 heterocycles. The van der Waals surface area contributed by atoms with Crippen LogP contribution in [0.2, 0.25) is 0 Å². The molecule has 2 N–H and O–H groups in total. The van der Waals surface area contributed by atoms with Crippen LogP contribution in [0.3, 0.4) is 0 Å². The first-order valence-electron chi connectivity index (χ1n) is 15.9. The predicted octanol–water partition coefficient (Wildman–Crippen LogP) is 9.52. The van der Waals surface area contributed by atoms with Crippen molar-refractivity contribution >= 4 is 37.5 Å². The Morgan fingerprint density at radius 1 is 0.583 bits per heavy atom. The summed E-state index contributed by atoms with van der Waals surface area (Å²) in [6, 6.07) is 18.8. The summed E-state index contributed by atoms with van der Waals surface area (Å²) < 4.78 is 76.3. The van der Waals surface area contributed by atoms with Crippen LogP contribution in [-0.4, -0.2) is 10.2 Å². The lowest BCUT2D eigenvalue weighted by atomic mass is 10.0. The van der Waals surface area contributed by atoms with Gasteiger partial charge in [-0.25, -0.2) is 0 Å². The molecule has 0 saturated heterocycles. The van der Waals surface area contributed by atoms with Gasteiger partial charge < -0.3 is 10.2 Å². The van der Waals surface area contributed by atoms with Crippen molar-refractivity contribution in [2.75, 3.05) is 0 Å². The molecule has 0 aromatic heterocycles.